The van der Waals surface area contributed by atoms with E-state index in [-0.39, 0.29) is 35.3 Å². The van der Waals surface area contributed by atoms with Crippen molar-refractivity contribution in [1.82, 2.24) is 4.90 Å². The molecule has 3 aromatic carbocycles. The van der Waals surface area contributed by atoms with Gasteiger partial charge in [-0.1, -0.05) is 74.9 Å². The lowest BCUT2D eigenvalue weighted by Gasteiger charge is -2.31. The van der Waals surface area contributed by atoms with Gasteiger partial charge in [0, 0.05) is 53.7 Å². The molecule has 6 rings (SSSR count). The van der Waals surface area contributed by atoms with Crippen molar-refractivity contribution >= 4 is 34.4 Å². The summed E-state index contributed by atoms with van der Waals surface area (Å²) in [7, 11) is 2.14. The fourth-order valence-electron chi connectivity index (χ4n) is 7.68. The zero-order valence-corrected chi connectivity index (χ0v) is 30.3. The Morgan fingerprint density at radius 1 is 1.00 bits per heavy atom. The van der Waals surface area contributed by atoms with Gasteiger partial charge in [0.15, 0.2) is 24.6 Å². The van der Waals surface area contributed by atoms with Gasteiger partial charge in [-0.15, -0.1) is 0 Å². The third-order valence-electron chi connectivity index (χ3n) is 10.7. The highest BCUT2D eigenvalue weighted by Gasteiger charge is 2.45. The van der Waals surface area contributed by atoms with Crippen molar-refractivity contribution in [3.8, 4) is 0 Å². The van der Waals surface area contributed by atoms with Crippen LogP contribution in [-0.2, 0) is 14.9 Å². The number of unbranched alkanes of at least 4 members (excludes halogenated alkanes) is 2. The van der Waals surface area contributed by atoms with Gasteiger partial charge in [-0.2, -0.15) is 4.58 Å². The van der Waals surface area contributed by atoms with Crippen molar-refractivity contribution < 1.29 is 24.0 Å². The second kappa shape index (κ2) is 15.2. The van der Waals surface area contributed by atoms with E-state index in [4.69, 9.17) is 4.74 Å². The van der Waals surface area contributed by atoms with Crippen molar-refractivity contribution in [1.29, 1.82) is 0 Å². The van der Waals surface area contributed by atoms with Crippen LogP contribution in [0.3, 0.4) is 0 Å². The Morgan fingerprint density at radius 2 is 1.68 bits per heavy atom. The lowest BCUT2D eigenvalue weighted by molar-refractivity contribution is -0.440. The minimum Gasteiger partial charge on any atom is -0.871 e. The van der Waals surface area contributed by atoms with Gasteiger partial charge in [0.1, 0.15) is 0 Å². The largest absolute Gasteiger partial charge is 0.871 e. The van der Waals surface area contributed by atoms with E-state index in [1.807, 2.05) is 66.7 Å². The predicted octanol–water partition coefficient (Wildman–Crippen LogP) is 7.37. The molecule has 0 bridgehead atoms. The first-order valence-electron chi connectivity index (χ1n) is 18.4. The number of nitrogens with zero attached hydrogens (tertiary/aromatic N) is 3. The molecule has 1 saturated heterocycles. The fraction of sp³-hybridized carbons (Fsp3) is 0.419. The van der Waals surface area contributed by atoms with Crippen LogP contribution in [0, 0.1) is 0 Å². The van der Waals surface area contributed by atoms with Gasteiger partial charge in [-0.25, -0.2) is 4.79 Å². The molecule has 50 heavy (non-hydrogen) atoms. The molecule has 1 atom stereocenters. The standard InChI is InChI=1S/C43H51N3O4/c1-6-8-25-45(26-9-7-2)33-22-20-31(21-23-33)39-40(47)34(41(39)48)29-38-43(3,4)35-13-10-11-14-37(35)46(38)27-28-50-42(49)32-18-16-30(17-19-32)36-15-12-24-44(36)5/h10-11,13-14,16-23,29,36H,6-9,12,15,24-28H2,1-5H3. The monoisotopic (exact) mass is 673 g/mol. The highest BCUT2D eigenvalue weighted by Crippen LogP contribution is 2.42. The summed E-state index contributed by atoms with van der Waals surface area (Å²) >= 11 is 0. The van der Waals surface area contributed by atoms with Gasteiger partial charge >= 0.3 is 5.97 Å². The summed E-state index contributed by atoms with van der Waals surface area (Å²) < 4.78 is 7.86. The predicted molar refractivity (Wildman–Crippen MR) is 199 cm³/mol. The molecule has 2 heterocycles. The number of hydrogen-bond donors (Lipinski definition) is 0. The molecule has 0 amide bonds. The van der Waals surface area contributed by atoms with Crippen molar-refractivity contribution in [2.24, 2.45) is 0 Å². The first-order chi connectivity index (χ1) is 24.1. The number of benzene rings is 3. The van der Waals surface area contributed by atoms with Gasteiger partial charge in [0.25, 0.3) is 0 Å². The van der Waals surface area contributed by atoms with Gasteiger partial charge in [-0.3, -0.25) is 9.69 Å². The summed E-state index contributed by atoms with van der Waals surface area (Å²) in [5.74, 6) is -0.819. The molecule has 0 N–H and O–H groups in total. The minimum atomic E-state index is -0.463. The molecule has 262 valence electrons. The number of carbonyl (C=O) groups is 2. The normalized spacial score (nSPS) is 19.3. The molecular weight excluding hydrogens is 622 g/mol. The number of allylic oxidation sites excluding steroid dienone is 3. The SMILES string of the molecule is CCCCN(CCCC)c1ccc(C2=C([O-])C(=CC3=[N+](CCOC(=O)c4ccc(C5CCCN5C)cc4)c4ccccc4C3(C)C)C2=O)cc1. The maximum Gasteiger partial charge on any atom is 0.338 e. The number of fused-ring (bicyclic) bond motifs is 1. The summed E-state index contributed by atoms with van der Waals surface area (Å²) in [5.41, 5.74) is 6.44. The average molecular weight is 674 g/mol. The van der Waals surface area contributed by atoms with Crippen LogP contribution in [-0.4, -0.2) is 66.8 Å². The van der Waals surface area contributed by atoms with Crippen molar-refractivity contribution in [2.75, 3.05) is 44.7 Å². The maximum atomic E-state index is 13.6. The van der Waals surface area contributed by atoms with Crippen LogP contribution in [0.1, 0.15) is 99.3 Å². The number of carbonyl (C=O) groups excluding carboxylic acids is 2. The summed E-state index contributed by atoms with van der Waals surface area (Å²) in [6.07, 6.45) is 8.59. The van der Waals surface area contributed by atoms with E-state index in [2.05, 4.69) is 55.2 Å². The number of esters is 1. The fourth-order valence-corrected chi connectivity index (χ4v) is 7.68. The molecule has 0 spiro atoms. The Hall–Kier alpha value is -4.49. The Bertz CT molecular complexity index is 1810. The van der Waals surface area contributed by atoms with E-state index in [1.165, 1.54) is 12.0 Å². The molecule has 1 aliphatic carbocycles. The molecule has 3 aliphatic rings. The van der Waals surface area contributed by atoms with E-state index >= 15 is 0 Å². The highest BCUT2D eigenvalue weighted by atomic mass is 16.5. The first-order valence-corrected chi connectivity index (χ1v) is 18.4. The molecule has 7 heteroatoms. The molecule has 1 fully saturated rings. The Balaban J connectivity index is 1.21. The van der Waals surface area contributed by atoms with Crippen molar-refractivity contribution in [3.05, 3.63) is 112 Å². The summed E-state index contributed by atoms with van der Waals surface area (Å²) in [4.78, 5) is 31.4. The third-order valence-corrected chi connectivity index (χ3v) is 10.7. The lowest BCUT2D eigenvalue weighted by Crippen LogP contribution is -2.34. The molecule has 2 aliphatic heterocycles. The summed E-state index contributed by atoms with van der Waals surface area (Å²) in [6, 6.07) is 24.1. The number of hydrogen-bond acceptors (Lipinski definition) is 6. The van der Waals surface area contributed by atoms with E-state index in [1.54, 1.807) is 6.08 Å². The second-order valence-electron chi connectivity index (χ2n) is 14.4. The first kappa shape index (κ1) is 35.3. The number of ketones is 1. The van der Waals surface area contributed by atoms with Crippen LogP contribution in [0.4, 0.5) is 11.4 Å². The van der Waals surface area contributed by atoms with Crippen LogP contribution >= 0.6 is 0 Å². The zero-order chi connectivity index (χ0) is 35.4. The van der Waals surface area contributed by atoms with Gasteiger partial charge in [0.05, 0.1) is 11.0 Å². The molecule has 0 radical (unpaired) electrons. The number of anilines is 1. The average Bonchev–Trinajstić information content (AvgIpc) is 3.65. The Morgan fingerprint density at radius 3 is 2.30 bits per heavy atom. The molecule has 0 saturated carbocycles. The van der Waals surface area contributed by atoms with Crippen molar-refractivity contribution in [3.63, 3.8) is 0 Å². The van der Waals surface area contributed by atoms with Gasteiger partial charge in [-0.05, 0) is 88.5 Å². The number of ether oxygens (including phenoxy) is 1. The highest BCUT2D eigenvalue weighted by molar-refractivity contribution is 6.40. The van der Waals surface area contributed by atoms with E-state index in [9.17, 15) is 14.7 Å². The van der Waals surface area contributed by atoms with E-state index < -0.39 is 5.41 Å². The number of Topliss-reactive ketones (excluding diaryl/α,β-unsaturated/α-hetero) is 1. The van der Waals surface area contributed by atoms with Crippen LogP contribution < -0.4 is 10.0 Å². The van der Waals surface area contributed by atoms with Gasteiger partial charge in [0.2, 0.25) is 5.69 Å². The van der Waals surface area contributed by atoms with Crippen LogP contribution in [0.5, 0.6) is 0 Å². The molecule has 3 aromatic rings. The van der Waals surface area contributed by atoms with Crippen molar-refractivity contribution in [2.45, 2.75) is 77.7 Å². The molecule has 0 aromatic heterocycles. The van der Waals surface area contributed by atoms with E-state index in [0.717, 1.165) is 74.4 Å². The quantitative estimate of drug-likeness (QED) is 0.101. The summed E-state index contributed by atoms with van der Waals surface area (Å²) in [5, 5.41) is 13.6. The topological polar surface area (TPSA) is 75.9 Å². The zero-order valence-electron chi connectivity index (χ0n) is 30.3. The minimum absolute atomic E-state index is 0.155. The van der Waals surface area contributed by atoms with Crippen LogP contribution in [0.15, 0.2) is 90.2 Å². The third kappa shape index (κ3) is 6.93. The number of rotatable bonds is 14. The van der Waals surface area contributed by atoms with Crippen LogP contribution in [0.25, 0.3) is 5.57 Å². The lowest BCUT2D eigenvalue weighted by atomic mass is 9.77. The number of likely N-dealkylation sites (tertiary alicyclic amines) is 1. The summed E-state index contributed by atoms with van der Waals surface area (Å²) in [6.45, 7) is 12.2. The molecule has 7 nitrogen and oxygen atoms in total. The Kier molecular flexibility index (Phi) is 10.7. The maximum absolute atomic E-state index is 13.6. The molecular formula is C43H51N3O4. The van der Waals surface area contributed by atoms with Crippen LogP contribution in [0.2, 0.25) is 0 Å². The van der Waals surface area contributed by atoms with E-state index in [0.29, 0.717) is 23.7 Å². The smallest absolute Gasteiger partial charge is 0.338 e. The number of para-hydroxylation sites is 1. The Labute approximate surface area is 297 Å². The molecule has 1 unspecified atom stereocenters. The second-order valence-corrected chi connectivity index (χ2v) is 14.4. The van der Waals surface area contributed by atoms with Gasteiger partial charge < -0.3 is 14.7 Å².